The number of fused-ring (bicyclic) bond motifs is 1. The molecule has 0 saturated heterocycles. The van der Waals surface area contributed by atoms with Crippen molar-refractivity contribution >= 4 is 23.0 Å². The van der Waals surface area contributed by atoms with Crippen LogP contribution in [0.1, 0.15) is 45.6 Å². The number of benzene rings is 1. The summed E-state index contributed by atoms with van der Waals surface area (Å²) < 4.78 is 0. The fraction of sp³-hybridized carbons (Fsp3) is 0.429. The van der Waals surface area contributed by atoms with E-state index in [1.165, 1.54) is 11.1 Å². The van der Waals surface area contributed by atoms with Gasteiger partial charge in [-0.2, -0.15) is 0 Å². The van der Waals surface area contributed by atoms with E-state index in [-0.39, 0.29) is 5.54 Å². The van der Waals surface area contributed by atoms with Crippen LogP contribution in [0.2, 0.25) is 0 Å². The lowest BCUT2D eigenvalue weighted by atomic mass is 9.75. The van der Waals surface area contributed by atoms with Gasteiger partial charge in [-0.05, 0) is 55.4 Å². The Balaban J connectivity index is 1.92. The molecule has 3 rings (SSSR count). The molecule has 24 heavy (non-hydrogen) atoms. The van der Waals surface area contributed by atoms with Crippen LogP contribution in [0.4, 0.5) is 0 Å². The summed E-state index contributed by atoms with van der Waals surface area (Å²) in [5.74, 6) is 0.506. The summed E-state index contributed by atoms with van der Waals surface area (Å²) in [6.45, 7) is 7.37. The normalized spacial score (nSPS) is 28.1. The number of allylic oxidation sites excluding steroid dienone is 4. The van der Waals surface area contributed by atoms with Gasteiger partial charge in [-0.1, -0.05) is 55.8 Å². The van der Waals surface area contributed by atoms with Crippen LogP contribution in [0.5, 0.6) is 0 Å². The molecule has 126 valence electrons. The third-order valence-corrected chi connectivity index (χ3v) is 5.41. The predicted octanol–water partition coefficient (Wildman–Crippen LogP) is 5.73. The number of halogens is 1. The summed E-state index contributed by atoms with van der Waals surface area (Å²) in [4.78, 5) is 9.72. The van der Waals surface area contributed by atoms with Crippen LogP contribution in [0, 0.1) is 5.92 Å². The Morgan fingerprint density at radius 2 is 1.96 bits per heavy atom. The highest BCUT2D eigenvalue weighted by atomic mass is 35.5. The first-order chi connectivity index (χ1) is 11.5. The van der Waals surface area contributed by atoms with E-state index in [4.69, 9.17) is 21.6 Å². The second kappa shape index (κ2) is 7.06. The highest BCUT2D eigenvalue weighted by molar-refractivity contribution is 6.49. The quantitative estimate of drug-likeness (QED) is 0.625. The van der Waals surface area contributed by atoms with Crippen molar-refractivity contribution in [1.82, 2.24) is 0 Å². The molecule has 1 aliphatic heterocycles. The first-order valence-electron chi connectivity index (χ1n) is 8.82. The molecule has 0 bridgehead atoms. The Kier molecular flexibility index (Phi) is 5.05. The molecule has 0 spiro atoms. The van der Waals surface area contributed by atoms with Crippen LogP contribution in [-0.4, -0.2) is 17.0 Å². The summed E-state index contributed by atoms with van der Waals surface area (Å²) in [7, 11) is 0. The third-order valence-electron chi connectivity index (χ3n) is 5.13. The van der Waals surface area contributed by atoms with E-state index in [1.807, 2.05) is 24.3 Å². The molecule has 2 aliphatic rings. The molecule has 0 aromatic heterocycles. The van der Waals surface area contributed by atoms with Crippen molar-refractivity contribution in [2.75, 3.05) is 0 Å². The lowest BCUT2D eigenvalue weighted by Crippen LogP contribution is -2.35. The fourth-order valence-electron chi connectivity index (χ4n) is 3.44. The van der Waals surface area contributed by atoms with Gasteiger partial charge in [0.25, 0.3) is 0 Å². The van der Waals surface area contributed by atoms with Gasteiger partial charge in [0.1, 0.15) is 0 Å². The van der Waals surface area contributed by atoms with Crippen LogP contribution in [0.15, 0.2) is 63.1 Å². The minimum absolute atomic E-state index is 0.0000147. The average molecular weight is 341 g/mol. The average Bonchev–Trinajstić information content (AvgIpc) is 2.61. The second-order valence-corrected chi connectivity index (χ2v) is 7.35. The zero-order valence-corrected chi connectivity index (χ0v) is 15.5. The third kappa shape index (κ3) is 3.54. The Morgan fingerprint density at radius 3 is 2.62 bits per heavy atom. The lowest BCUT2D eigenvalue weighted by molar-refractivity contribution is 0.345. The topological polar surface area (TPSA) is 24.7 Å². The monoisotopic (exact) mass is 340 g/mol. The van der Waals surface area contributed by atoms with Gasteiger partial charge in [-0.3, -0.25) is 9.98 Å². The molecular formula is C21H25ClN2. The van der Waals surface area contributed by atoms with Crippen molar-refractivity contribution in [2.24, 2.45) is 15.9 Å². The van der Waals surface area contributed by atoms with Crippen LogP contribution in [0.25, 0.3) is 0 Å². The Bertz CT molecular complexity index is 727. The lowest BCUT2D eigenvalue weighted by Gasteiger charge is -2.37. The summed E-state index contributed by atoms with van der Waals surface area (Å²) in [6.07, 6.45) is 7.39. The number of rotatable bonds is 4. The Hall–Kier alpha value is -1.67. The van der Waals surface area contributed by atoms with Crippen molar-refractivity contribution in [2.45, 2.75) is 52.1 Å². The summed E-state index contributed by atoms with van der Waals surface area (Å²) in [6, 6.07) is 10.3. The molecule has 3 heteroatoms. The van der Waals surface area contributed by atoms with Crippen LogP contribution in [-0.2, 0) is 6.54 Å². The Labute approximate surface area is 150 Å². The summed E-state index contributed by atoms with van der Waals surface area (Å²) in [5.41, 5.74) is 4.42. The van der Waals surface area contributed by atoms with Gasteiger partial charge in [-0.15, -0.1) is 0 Å². The van der Waals surface area contributed by atoms with Crippen LogP contribution in [0.3, 0.4) is 0 Å². The molecular weight excluding hydrogens is 316 g/mol. The molecule has 1 heterocycles. The zero-order valence-electron chi connectivity index (χ0n) is 14.7. The predicted molar refractivity (Wildman–Crippen MR) is 104 cm³/mol. The molecule has 0 fully saturated rings. The maximum atomic E-state index is 6.58. The van der Waals surface area contributed by atoms with E-state index in [2.05, 4.69) is 39.0 Å². The van der Waals surface area contributed by atoms with Gasteiger partial charge in [0.2, 0.25) is 0 Å². The molecule has 0 N–H and O–H groups in total. The molecule has 0 radical (unpaired) electrons. The van der Waals surface area contributed by atoms with Gasteiger partial charge in [-0.25, -0.2) is 0 Å². The van der Waals surface area contributed by atoms with E-state index in [9.17, 15) is 0 Å². The molecule has 2 nitrogen and oxygen atoms in total. The van der Waals surface area contributed by atoms with Gasteiger partial charge in [0.15, 0.2) is 0 Å². The van der Waals surface area contributed by atoms with Crippen molar-refractivity contribution in [3.8, 4) is 0 Å². The molecule has 1 aromatic rings. The molecule has 1 aliphatic carbocycles. The minimum atomic E-state index is 0.0000147. The minimum Gasteiger partial charge on any atom is -0.281 e. The second-order valence-electron chi connectivity index (χ2n) is 6.94. The number of nitrogens with zero attached hydrogens (tertiary/aromatic N) is 2. The first-order valence-corrected chi connectivity index (χ1v) is 9.20. The SMILES string of the molecule is CCC1CC(C)(CC)N=C2C(Cl)=CC(=NCc3ccccc3)C=C21. The van der Waals surface area contributed by atoms with Gasteiger partial charge >= 0.3 is 0 Å². The highest BCUT2D eigenvalue weighted by Gasteiger charge is 2.36. The Morgan fingerprint density at radius 1 is 1.21 bits per heavy atom. The number of hydrogen-bond donors (Lipinski definition) is 0. The molecule has 1 aromatic carbocycles. The van der Waals surface area contributed by atoms with E-state index in [0.29, 0.717) is 12.5 Å². The first kappa shape index (κ1) is 17.2. The van der Waals surface area contributed by atoms with Crippen LogP contribution >= 0.6 is 11.6 Å². The molecule has 0 amide bonds. The highest BCUT2D eigenvalue weighted by Crippen LogP contribution is 2.40. The van der Waals surface area contributed by atoms with Crippen molar-refractivity contribution in [3.05, 3.63) is 58.7 Å². The van der Waals surface area contributed by atoms with E-state index in [0.717, 1.165) is 35.7 Å². The van der Waals surface area contributed by atoms with Crippen molar-refractivity contribution < 1.29 is 0 Å². The van der Waals surface area contributed by atoms with Crippen molar-refractivity contribution in [1.29, 1.82) is 0 Å². The van der Waals surface area contributed by atoms with E-state index < -0.39 is 0 Å². The largest absolute Gasteiger partial charge is 0.281 e. The molecule has 2 unspecified atom stereocenters. The summed E-state index contributed by atoms with van der Waals surface area (Å²) >= 11 is 6.58. The van der Waals surface area contributed by atoms with Crippen molar-refractivity contribution in [3.63, 3.8) is 0 Å². The van der Waals surface area contributed by atoms with E-state index in [1.54, 1.807) is 0 Å². The summed E-state index contributed by atoms with van der Waals surface area (Å²) in [5, 5.41) is 0.733. The van der Waals surface area contributed by atoms with Gasteiger partial charge < -0.3 is 0 Å². The number of hydrogen-bond acceptors (Lipinski definition) is 2. The maximum Gasteiger partial charge on any atom is 0.0803 e. The van der Waals surface area contributed by atoms with Gasteiger partial charge in [0, 0.05) is 0 Å². The number of aliphatic imine (C=N–C) groups is 2. The van der Waals surface area contributed by atoms with E-state index >= 15 is 0 Å². The maximum absolute atomic E-state index is 6.58. The molecule has 0 saturated carbocycles. The standard InChI is InChI=1S/C21H25ClN2/c1-4-16-13-21(3,5-2)24-20-18(16)11-17(12-19(20)22)23-14-15-9-7-6-8-10-15/h6-12,16H,4-5,13-14H2,1-3H3. The van der Waals surface area contributed by atoms with Crippen LogP contribution < -0.4 is 0 Å². The smallest absolute Gasteiger partial charge is 0.0803 e. The fourth-order valence-corrected chi connectivity index (χ4v) is 3.70. The zero-order chi connectivity index (χ0) is 17.2. The van der Waals surface area contributed by atoms with Gasteiger partial charge in [0.05, 0.1) is 28.5 Å². The molecule has 2 atom stereocenters.